The molecule has 3 fully saturated rings. The van der Waals surface area contributed by atoms with Gasteiger partial charge in [-0.25, -0.2) is 0 Å². The van der Waals surface area contributed by atoms with Gasteiger partial charge in [0, 0.05) is 32.1 Å². The molecule has 2 saturated heterocycles. The minimum Gasteiger partial charge on any atom is -0.370 e. The number of primary amides is 1. The molecule has 2 heterocycles. The Morgan fingerprint density at radius 2 is 1.81 bits per heavy atom. The van der Waals surface area contributed by atoms with Crippen LogP contribution < -0.4 is 11.1 Å². The summed E-state index contributed by atoms with van der Waals surface area (Å²) in [6, 6.07) is 0.330. The maximum absolute atomic E-state index is 13.1. The number of rotatable bonds is 9. The Kier molecular flexibility index (Phi) is 7.15. The molecular formula is C21H38N4O2. The normalized spacial score (nSPS) is 26.6. The predicted octanol–water partition coefficient (Wildman–Crippen LogP) is 1.59. The third-order valence-corrected chi connectivity index (χ3v) is 6.44. The Hall–Kier alpha value is -1.14. The molecule has 0 unspecified atom stereocenters. The molecule has 154 valence electrons. The van der Waals surface area contributed by atoms with E-state index in [1.807, 2.05) is 0 Å². The van der Waals surface area contributed by atoms with E-state index in [1.165, 1.54) is 12.8 Å². The third-order valence-electron chi connectivity index (χ3n) is 6.44. The Balaban J connectivity index is 1.57. The Morgan fingerprint density at radius 1 is 1.11 bits per heavy atom. The van der Waals surface area contributed by atoms with Crippen LogP contribution in [0.5, 0.6) is 0 Å². The minimum absolute atomic E-state index is 0.0123. The lowest BCUT2D eigenvalue weighted by molar-refractivity contribution is -0.139. The van der Waals surface area contributed by atoms with Crippen LogP contribution in [0.15, 0.2) is 0 Å². The summed E-state index contributed by atoms with van der Waals surface area (Å²) in [5, 5.41) is 3.43. The van der Waals surface area contributed by atoms with Gasteiger partial charge in [-0.1, -0.05) is 26.7 Å². The predicted molar refractivity (Wildman–Crippen MR) is 107 cm³/mol. The molecule has 2 aliphatic heterocycles. The molecule has 0 aromatic carbocycles. The number of piperazine rings is 1. The van der Waals surface area contributed by atoms with Crippen LogP contribution in [0.2, 0.25) is 0 Å². The lowest BCUT2D eigenvalue weighted by atomic mass is 9.92. The van der Waals surface area contributed by atoms with Crippen molar-refractivity contribution in [3.05, 3.63) is 0 Å². The van der Waals surface area contributed by atoms with Gasteiger partial charge in [0.05, 0.1) is 6.04 Å². The number of carbonyl (C=O) groups is 2. The van der Waals surface area contributed by atoms with Gasteiger partial charge in [-0.3, -0.25) is 9.59 Å². The number of hydrogen-bond donors (Lipinski definition) is 2. The molecule has 3 N–H and O–H groups in total. The van der Waals surface area contributed by atoms with Crippen molar-refractivity contribution < 1.29 is 9.59 Å². The van der Waals surface area contributed by atoms with E-state index in [2.05, 4.69) is 29.0 Å². The summed E-state index contributed by atoms with van der Waals surface area (Å²) in [6.45, 7) is 9.15. The fourth-order valence-electron chi connectivity index (χ4n) is 4.77. The zero-order valence-electron chi connectivity index (χ0n) is 17.2. The van der Waals surface area contributed by atoms with E-state index in [1.54, 1.807) is 0 Å². The van der Waals surface area contributed by atoms with Crippen molar-refractivity contribution in [1.29, 1.82) is 0 Å². The third kappa shape index (κ3) is 6.18. The van der Waals surface area contributed by atoms with E-state index in [4.69, 9.17) is 5.73 Å². The Labute approximate surface area is 164 Å². The monoisotopic (exact) mass is 378 g/mol. The summed E-state index contributed by atoms with van der Waals surface area (Å²) in [4.78, 5) is 29.0. The van der Waals surface area contributed by atoms with Gasteiger partial charge in [-0.2, -0.15) is 0 Å². The zero-order valence-corrected chi connectivity index (χ0v) is 17.2. The molecule has 0 aromatic rings. The number of nitrogens with one attached hydrogen (secondary N) is 1. The first-order valence-corrected chi connectivity index (χ1v) is 11.0. The highest BCUT2D eigenvalue weighted by molar-refractivity contribution is 5.83. The van der Waals surface area contributed by atoms with E-state index >= 15 is 0 Å². The highest BCUT2D eigenvalue weighted by Gasteiger charge is 2.37. The lowest BCUT2D eigenvalue weighted by Gasteiger charge is -2.42. The minimum atomic E-state index is -0.178. The molecule has 3 rings (SSSR count). The second-order valence-electron chi connectivity index (χ2n) is 9.42. The SMILES string of the molecule is CC(C)C[C@@H]1NCCN([C@@H](CC2CC2)CN2CCC(CC(N)=O)CC2)C1=O. The molecule has 6 heteroatoms. The van der Waals surface area contributed by atoms with Crippen molar-refractivity contribution in [3.8, 4) is 0 Å². The fourth-order valence-corrected chi connectivity index (χ4v) is 4.77. The molecule has 1 aliphatic carbocycles. The van der Waals surface area contributed by atoms with Gasteiger partial charge >= 0.3 is 0 Å². The van der Waals surface area contributed by atoms with Gasteiger partial charge in [0.1, 0.15) is 0 Å². The van der Waals surface area contributed by atoms with Crippen molar-refractivity contribution >= 4 is 11.8 Å². The van der Waals surface area contributed by atoms with Gasteiger partial charge in [0.25, 0.3) is 0 Å². The first-order valence-electron chi connectivity index (χ1n) is 11.0. The lowest BCUT2D eigenvalue weighted by Crippen LogP contribution is -2.60. The average Bonchev–Trinajstić information content (AvgIpc) is 3.41. The number of piperidine rings is 1. The van der Waals surface area contributed by atoms with Gasteiger partial charge in [-0.05, 0) is 56.5 Å². The molecule has 0 spiro atoms. The van der Waals surface area contributed by atoms with Crippen molar-refractivity contribution in [1.82, 2.24) is 15.1 Å². The summed E-state index contributed by atoms with van der Waals surface area (Å²) >= 11 is 0. The van der Waals surface area contributed by atoms with Crippen LogP contribution in [-0.2, 0) is 9.59 Å². The fraction of sp³-hybridized carbons (Fsp3) is 0.905. The molecule has 0 radical (unpaired) electrons. The summed E-state index contributed by atoms with van der Waals surface area (Å²) in [6.07, 6.45) is 7.34. The maximum atomic E-state index is 13.1. The number of amides is 2. The van der Waals surface area contributed by atoms with Crippen molar-refractivity contribution in [2.24, 2.45) is 23.5 Å². The van der Waals surface area contributed by atoms with E-state index in [9.17, 15) is 9.59 Å². The Morgan fingerprint density at radius 3 is 2.41 bits per heavy atom. The molecule has 2 amide bonds. The molecule has 0 bridgehead atoms. The van der Waals surface area contributed by atoms with Crippen LogP contribution in [0.1, 0.15) is 58.8 Å². The molecular weight excluding hydrogens is 340 g/mol. The topological polar surface area (TPSA) is 78.7 Å². The number of carbonyl (C=O) groups excluding carboxylic acids is 2. The second-order valence-corrected chi connectivity index (χ2v) is 9.42. The number of nitrogens with two attached hydrogens (primary N) is 1. The number of hydrogen-bond acceptors (Lipinski definition) is 4. The van der Waals surface area contributed by atoms with Crippen LogP contribution in [0.3, 0.4) is 0 Å². The largest absolute Gasteiger partial charge is 0.370 e. The van der Waals surface area contributed by atoms with Crippen molar-refractivity contribution in [3.63, 3.8) is 0 Å². The number of nitrogens with zero attached hydrogens (tertiary/aromatic N) is 2. The smallest absolute Gasteiger partial charge is 0.240 e. The van der Waals surface area contributed by atoms with Crippen LogP contribution in [-0.4, -0.2) is 66.4 Å². The first-order chi connectivity index (χ1) is 12.9. The quantitative estimate of drug-likeness (QED) is 0.639. The molecule has 0 aromatic heterocycles. The van der Waals surface area contributed by atoms with Crippen LogP contribution in [0, 0.1) is 17.8 Å². The van der Waals surface area contributed by atoms with Gasteiger partial charge < -0.3 is 20.9 Å². The summed E-state index contributed by atoms with van der Waals surface area (Å²) < 4.78 is 0. The van der Waals surface area contributed by atoms with Crippen LogP contribution in [0.4, 0.5) is 0 Å². The summed E-state index contributed by atoms with van der Waals surface area (Å²) in [7, 11) is 0. The van der Waals surface area contributed by atoms with Gasteiger partial charge in [0.2, 0.25) is 11.8 Å². The number of likely N-dealkylation sites (tertiary alicyclic amines) is 1. The van der Waals surface area contributed by atoms with Gasteiger partial charge in [0.15, 0.2) is 0 Å². The molecule has 6 nitrogen and oxygen atoms in total. The second kappa shape index (κ2) is 9.37. The Bertz CT molecular complexity index is 512. The first kappa shape index (κ1) is 20.6. The van der Waals surface area contributed by atoms with E-state index in [-0.39, 0.29) is 11.9 Å². The van der Waals surface area contributed by atoms with Crippen LogP contribution in [0.25, 0.3) is 0 Å². The maximum Gasteiger partial charge on any atom is 0.240 e. The zero-order chi connectivity index (χ0) is 19.4. The van der Waals surface area contributed by atoms with Crippen LogP contribution >= 0.6 is 0 Å². The average molecular weight is 379 g/mol. The van der Waals surface area contributed by atoms with E-state index in [0.717, 1.165) is 64.3 Å². The highest BCUT2D eigenvalue weighted by Crippen LogP contribution is 2.35. The molecule has 1 saturated carbocycles. The summed E-state index contributed by atoms with van der Waals surface area (Å²) in [5.41, 5.74) is 5.36. The molecule has 3 aliphatic rings. The highest BCUT2D eigenvalue weighted by atomic mass is 16.2. The van der Waals surface area contributed by atoms with E-state index in [0.29, 0.717) is 30.2 Å². The van der Waals surface area contributed by atoms with Crippen molar-refractivity contribution in [2.45, 2.75) is 70.9 Å². The molecule has 2 atom stereocenters. The van der Waals surface area contributed by atoms with E-state index < -0.39 is 0 Å². The van der Waals surface area contributed by atoms with Crippen molar-refractivity contribution in [2.75, 3.05) is 32.7 Å². The van der Waals surface area contributed by atoms with Gasteiger partial charge in [-0.15, -0.1) is 0 Å². The summed E-state index contributed by atoms with van der Waals surface area (Å²) in [5.74, 6) is 1.91. The molecule has 27 heavy (non-hydrogen) atoms. The standard InChI is InChI=1S/C21H38N4O2/c1-15(2)11-19-21(27)25(10-7-23-19)18(12-16-3-4-16)14-24-8-5-17(6-9-24)13-20(22)26/h15-19,23H,3-14H2,1-2H3,(H2,22,26)/t18-,19-/m0/s1.